The van der Waals surface area contributed by atoms with Crippen LogP contribution in [0.2, 0.25) is 0 Å². The molecule has 3 aromatic carbocycles. The highest BCUT2D eigenvalue weighted by atomic mass is 16.5. The van der Waals surface area contributed by atoms with E-state index in [0.29, 0.717) is 42.3 Å². The van der Waals surface area contributed by atoms with Crippen LogP contribution >= 0.6 is 0 Å². The number of hydrogen-bond donors (Lipinski definition) is 2. The highest BCUT2D eigenvalue weighted by Gasteiger charge is 2.09. The first kappa shape index (κ1) is 20.9. The molecule has 0 aromatic heterocycles. The number of anilines is 1. The molecular formula is C24H24N2O4. The van der Waals surface area contributed by atoms with Gasteiger partial charge in [0, 0.05) is 23.4 Å². The average Bonchev–Trinajstić information content (AvgIpc) is 2.78. The van der Waals surface area contributed by atoms with Gasteiger partial charge in [-0.1, -0.05) is 24.3 Å². The van der Waals surface area contributed by atoms with Crippen molar-refractivity contribution in [3.05, 3.63) is 90.0 Å². The predicted octanol–water partition coefficient (Wildman–Crippen LogP) is 4.15. The largest absolute Gasteiger partial charge is 0.490 e. The molecule has 0 unspecified atom stereocenters. The molecule has 0 fully saturated rings. The summed E-state index contributed by atoms with van der Waals surface area (Å²) in [4.78, 5) is 24.3. The maximum absolute atomic E-state index is 12.5. The van der Waals surface area contributed by atoms with Crippen LogP contribution in [0.1, 0.15) is 27.6 Å². The number of carbonyl (C=O) groups excluding carboxylic acids is 2. The number of nitrogens with one attached hydrogen (secondary N) is 2. The van der Waals surface area contributed by atoms with Crippen molar-refractivity contribution in [2.24, 2.45) is 0 Å². The molecule has 6 heteroatoms. The Kier molecular flexibility index (Phi) is 7.44. The molecule has 0 bridgehead atoms. The van der Waals surface area contributed by atoms with Crippen LogP contribution in [0.15, 0.2) is 78.9 Å². The smallest absolute Gasteiger partial charge is 0.255 e. The highest BCUT2D eigenvalue weighted by molar-refractivity contribution is 6.04. The summed E-state index contributed by atoms with van der Waals surface area (Å²) < 4.78 is 11.3. The summed E-state index contributed by atoms with van der Waals surface area (Å²) in [6.45, 7) is 3.19. The third-order valence-corrected chi connectivity index (χ3v) is 4.20. The fraction of sp³-hybridized carbons (Fsp3) is 0.167. The van der Waals surface area contributed by atoms with Crippen LogP contribution in [-0.4, -0.2) is 31.6 Å². The third-order valence-electron chi connectivity index (χ3n) is 4.20. The summed E-state index contributed by atoms with van der Waals surface area (Å²) in [5.41, 5.74) is 1.63. The second-order valence-corrected chi connectivity index (χ2v) is 6.43. The van der Waals surface area contributed by atoms with Gasteiger partial charge in [-0.05, 0) is 61.5 Å². The highest BCUT2D eigenvalue weighted by Crippen LogP contribution is 2.16. The number of ether oxygens (including phenoxy) is 2. The second-order valence-electron chi connectivity index (χ2n) is 6.43. The molecular weight excluding hydrogens is 380 g/mol. The van der Waals surface area contributed by atoms with E-state index in [1.165, 1.54) is 0 Å². The molecule has 154 valence electrons. The van der Waals surface area contributed by atoms with Gasteiger partial charge in [0.25, 0.3) is 11.8 Å². The summed E-state index contributed by atoms with van der Waals surface area (Å²) in [6, 6.07) is 23.2. The van der Waals surface area contributed by atoms with E-state index in [1.807, 2.05) is 37.3 Å². The SMILES string of the molecule is CCNC(=O)c1ccc(NC(=O)c2cccc(OCCOc3ccccc3)c2)cc1. The van der Waals surface area contributed by atoms with E-state index in [4.69, 9.17) is 9.47 Å². The van der Waals surface area contributed by atoms with E-state index in [1.54, 1.807) is 48.5 Å². The number of rotatable bonds is 9. The van der Waals surface area contributed by atoms with Gasteiger partial charge in [0.05, 0.1) is 0 Å². The minimum atomic E-state index is -0.258. The van der Waals surface area contributed by atoms with Gasteiger partial charge in [-0.2, -0.15) is 0 Å². The van der Waals surface area contributed by atoms with Crippen molar-refractivity contribution < 1.29 is 19.1 Å². The summed E-state index contributed by atoms with van der Waals surface area (Å²) in [5, 5.41) is 5.56. The van der Waals surface area contributed by atoms with Crippen molar-refractivity contribution in [2.45, 2.75) is 6.92 Å². The standard InChI is InChI=1S/C24H24N2O4/c1-2-25-23(27)18-11-13-20(14-12-18)26-24(28)19-7-6-10-22(17-19)30-16-15-29-21-8-4-3-5-9-21/h3-14,17H,2,15-16H2,1H3,(H,25,27)(H,26,28). The van der Waals surface area contributed by atoms with E-state index in [9.17, 15) is 9.59 Å². The maximum Gasteiger partial charge on any atom is 0.255 e. The number of benzene rings is 3. The Labute approximate surface area is 175 Å². The van der Waals surface area contributed by atoms with Gasteiger partial charge in [0.2, 0.25) is 0 Å². The first-order valence-electron chi connectivity index (χ1n) is 9.76. The van der Waals surface area contributed by atoms with Gasteiger partial charge in [0.15, 0.2) is 0 Å². The quantitative estimate of drug-likeness (QED) is 0.526. The van der Waals surface area contributed by atoms with Crippen LogP contribution in [0, 0.1) is 0 Å². The van der Waals surface area contributed by atoms with E-state index in [2.05, 4.69) is 10.6 Å². The van der Waals surface area contributed by atoms with Gasteiger partial charge in [-0.15, -0.1) is 0 Å². The minimum Gasteiger partial charge on any atom is -0.490 e. The average molecular weight is 404 g/mol. The lowest BCUT2D eigenvalue weighted by Crippen LogP contribution is -2.22. The van der Waals surface area contributed by atoms with E-state index >= 15 is 0 Å². The van der Waals surface area contributed by atoms with Crippen molar-refractivity contribution in [2.75, 3.05) is 25.1 Å². The molecule has 3 rings (SSSR count). The van der Waals surface area contributed by atoms with Gasteiger partial charge in [-0.25, -0.2) is 0 Å². The maximum atomic E-state index is 12.5. The molecule has 3 aromatic rings. The molecule has 0 radical (unpaired) electrons. The van der Waals surface area contributed by atoms with Crippen LogP contribution in [0.25, 0.3) is 0 Å². The Balaban J connectivity index is 1.52. The van der Waals surface area contributed by atoms with Crippen molar-refractivity contribution >= 4 is 17.5 Å². The van der Waals surface area contributed by atoms with Gasteiger partial charge in [-0.3, -0.25) is 9.59 Å². The Hall–Kier alpha value is -3.80. The lowest BCUT2D eigenvalue weighted by atomic mass is 10.1. The molecule has 0 heterocycles. The zero-order valence-electron chi connectivity index (χ0n) is 16.8. The Morgan fingerprint density at radius 1 is 0.733 bits per heavy atom. The van der Waals surface area contributed by atoms with Gasteiger partial charge >= 0.3 is 0 Å². The third kappa shape index (κ3) is 6.10. The molecule has 2 N–H and O–H groups in total. The minimum absolute atomic E-state index is 0.142. The molecule has 0 saturated carbocycles. The van der Waals surface area contributed by atoms with Crippen LogP contribution in [0.3, 0.4) is 0 Å². The molecule has 2 amide bonds. The number of para-hydroxylation sites is 1. The monoisotopic (exact) mass is 404 g/mol. The van der Waals surface area contributed by atoms with Crippen LogP contribution < -0.4 is 20.1 Å². The fourth-order valence-corrected chi connectivity index (χ4v) is 2.73. The van der Waals surface area contributed by atoms with E-state index < -0.39 is 0 Å². The van der Waals surface area contributed by atoms with Crippen molar-refractivity contribution in [1.29, 1.82) is 0 Å². The summed E-state index contributed by atoms with van der Waals surface area (Å²) in [5.74, 6) is 0.974. The van der Waals surface area contributed by atoms with Crippen molar-refractivity contribution in [1.82, 2.24) is 5.32 Å². The van der Waals surface area contributed by atoms with Gasteiger partial charge < -0.3 is 20.1 Å². The Morgan fingerprint density at radius 2 is 1.40 bits per heavy atom. The lowest BCUT2D eigenvalue weighted by molar-refractivity contribution is 0.0955. The second kappa shape index (κ2) is 10.7. The number of carbonyl (C=O) groups is 2. The van der Waals surface area contributed by atoms with Crippen molar-refractivity contribution in [3.8, 4) is 11.5 Å². The normalized spacial score (nSPS) is 10.2. The molecule has 6 nitrogen and oxygen atoms in total. The Bertz CT molecular complexity index is 972. The van der Waals surface area contributed by atoms with Crippen molar-refractivity contribution in [3.63, 3.8) is 0 Å². The molecule has 30 heavy (non-hydrogen) atoms. The zero-order chi connectivity index (χ0) is 21.2. The Morgan fingerprint density at radius 3 is 2.10 bits per heavy atom. The number of amides is 2. The fourth-order valence-electron chi connectivity index (χ4n) is 2.73. The van der Waals surface area contributed by atoms with Gasteiger partial charge in [0.1, 0.15) is 24.7 Å². The lowest BCUT2D eigenvalue weighted by Gasteiger charge is -2.10. The predicted molar refractivity (Wildman–Crippen MR) is 116 cm³/mol. The molecule has 0 aliphatic heterocycles. The summed E-state index contributed by atoms with van der Waals surface area (Å²) in [6.07, 6.45) is 0. The first-order valence-corrected chi connectivity index (χ1v) is 9.76. The molecule has 0 saturated heterocycles. The zero-order valence-corrected chi connectivity index (χ0v) is 16.8. The van der Waals surface area contributed by atoms with Crippen LogP contribution in [-0.2, 0) is 0 Å². The molecule has 0 atom stereocenters. The molecule has 0 aliphatic rings. The molecule has 0 aliphatic carbocycles. The van der Waals surface area contributed by atoms with Crippen LogP contribution in [0.4, 0.5) is 5.69 Å². The topological polar surface area (TPSA) is 76.7 Å². The molecule has 0 spiro atoms. The summed E-state index contributed by atoms with van der Waals surface area (Å²) >= 11 is 0. The number of hydrogen-bond acceptors (Lipinski definition) is 4. The summed E-state index contributed by atoms with van der Waals surface area (Å²) in [7, 11) is 0. The first-order chi connectivity index (χ1) is 14.7. The van der Waals surface area contributed by atoms with E-state index in [0.717, 1.165) is 5.75 Å². The van der Waals surface area contributed by atoms with E-state index in [-0.39, 0.29) is 11.8 Å². The van der Waals surface area contributed by atoms with Crippen LogP contribution in [0.5, 0.6) is 11.5 Å².